The first kappa shape index (κ1) is 13.8. The fraction of sp³-hybridized carbons (Fsp3) is 0.375. The van der Waals surface area contributed by atoms with Crippen molar-refractivity contribution in [1.82, 2.24) is 20.4 Å². The Hall–Kier alpha value is -2.14. The number of hydrogen-bond donors (Lipinski definition) is 2. The van der Waals surface area contributed by atoms with E-state index >= 15 is 0 Å². The van der Waals surface area contributed by atoms with Gasteiger partial charge in [-0.05, 0) is 43.1 Å². The average Bonchev–Trinajstić information content (AvgIpc) is 3.19. The predicted octanol–water partition coefficient (Wildman–Crippen LogP) is 1.63. The van der Waals surface area contributed by atoms with Crippen LogP contribution in [-0.2, 0) is 11.3 Å². The molecule has 1 aliphatic heterocycles. The SMILES string of the molecule is O=C(CC1CCCN1)NCc1ccc(-n2cccn2)cc1. The van der Waals surface area contributed by atoms with Crippen LogP contribution in [0.4, 0.5) is 0 Å². The predicted molar refractivity (Wildman–Crippen MR) is 81.1 cm³/mol. The van der Waals surface area contributed by atoms with Gasteiger partial charge in [-0.25, -0.2) is 4.68 Å². The second-order valence-corrected chi connectivity index (χ2v) is 5.39. The van der Waals surface area contributed by atoms with Crippen molar-refractivity contribution in [3.63, 3.8) is 0 Å². The zero-order valence-corrected chi connectivity index (χ0v) is 12.0. The van der Waals surface area contributed by atoms with Gasteiger partial charge in [0.2, 0.25) is 5.91 Å². The van der Waals surface area contributed by atoms with Crippen molar-refractivity contribution < 1.29 is 4.79 Å². The van der Waals surface area contributed by atoms with Crippen molar-refractivity contribution in [2.24, 2.45) is 0 Å². The van der Waals surface area contributed by atoms with Gasteiger partial charge in [-0.15, -0.1) is 0 Å². The highest BCUT2D eigenvalue weighted by atomic mass is 16.1. The number of amides is 1. The Balaban J connectivity index is 1.50. The third-order valence-corrected chi connectivity index (χ3v) is 3.79. The molecule has 1 atom stereocenters. The molecular weight excluding hydrogens is 264 g/mol. The van der Waals surface area contributed by atoms with Crippen molar-refractivity contribution in [2.75, 3.05) is 6.54 Å². The molecule has 5 heteroatoms. The number of rotatable bonds is 5. The van der Waals surface area contributed by atoms with Gasteiger partial charge >= 0.3 is 0 Å². The molecule has 1 aliphatic rings. The lowest BCUT2D eigenvalue weighted by atomic mass is 10.1. The number of aromatic nitrogens is 2. The van der Waals surface area contributed by atoms with Gasteiger partial charge in [0, 0.05) is 31.4 Å². The summed E-state index contributed by atoms with van der Waals surface area (Å²) in [5, 5.41) is 10.5. The lowest BCUT2D eigenvalue weighted by molar-refractivity contribution is -0.121. The number of hydrogen-bond acceptors (Lipinski definition) is 3. The van der Waals surface area contributed by atoms with Gasteiger partial charge in [0.15, 0.2) is 0 Å². The highest BCUT2D eigenvalue weighted by molar-refractivity contribution is 5.76. The molecule has 2 heterocycles. The molecule has 0 aliphatic carbocycles. The molecule has 21 heavy (non-hydrogen) atoms. The first-order valence-electron chi connectivity index (χ1n) is 7.40. The molecule has 1 fully saturated rings. The van der Waals surface area contributed by atoms with E-state index in [0.29, 0.717) is 19.0 Å². The lowest BCUT2D eigenvalue weighted by Gasteiger charge is -2.10. The van der Waals surface area contributed by atoms with Crippen LogP contribution in [0.3, 0.4) is 0 Å². The van der Waals surface area contributed by atoms with Gasteiger partial charge in [-0.1, -0.05) is 12.1 Å². The Labute approximate surface area is 124 Å². The van der Waals surface area contributed by atoms with Gasteiger partial charge in [0.25, 0.3) is 0 Å². The summed E-state index contributed by atoms with van der Waals surface area (Å²) in [5.41, 5.74) is 2.11. The number of benzene rings is 1. The van der Waals surface area contributed by atoms with Gasteiger partial charge in [0.1, 0.15) is 0 Å². The third kappa shape index (κ3) is 3.70. The molecule has 0 bridgehead atoms. The van der Waals surface area contributed by atoms with Crippen LogP contribution in [0.1, 0.15) is 24.8 Å². The normalized spacial score (nSPS) is 17.8. The molecule has 5 nitrogen and oxygen atoms in total. The maximum absolute atomic E-state index is 11.9. The van der Waals surface area contributed by atoms with Crippen molar-refractivity contribution in [3.05, 3.63) is 48.3 Å². The Kier molecular flexibility index (Phi) is 4.31. The molecule has 0 saturated carbocycles. The summed E-state index contributed by atoms with van der Waals surface area (Å²) >= 11 is 0. The van der Waals surface area contributed by atoms with Crippen LogP contribution >= 0.6 is 0 Å². The lowest BCUT2D eigenvalue weighted by Crippen LogP contribution is -2.31. The molecule has 2 aromatic rings. The van der Waals surface area contributed by atoms with E-state index in [2.05, 4.69) is 15.7 Å². The van der Waals surface area contributed by atoms with E-state index in [-0.39, 0.29) is 5.91 Å². The Morgan fingerprint density at radius 3 is 2.90 bits per heavy atom. The minimum Gasteiger partial charge on any atom is -0.352 e. The van der Waals surface area contributed by atoms with Crippen LogP contribution in [-0.4, -0.2) is 28.3 Å². The zero-order valence-electron chi connectivity index (χ0n) is 12.0. The van der Waals surface area contributed by atoms with Gasteiger partial charge < -0.3 is 10.6 Å². The highest BCUT2D eigenvalue weighted by Gasteiger charge is 2.17. The molecule has 1 unspecified atom stereocenters. The summed E-state index contributed by atoms with van der Waals surface area (Å²) < 4.78 is 1.81. The quantitative estimate of drug-likeness (QED) is 0.877. The maximum Gasteiger partial charge on any atom is 0.221 e. The largest absolute Gasteiger partial charge is 0.352 e. The first-order chi connectivity index (χ1) is 10.3. The number of carbonyl (C=O) groups excluding carboxylic acids is 1. The van der Waals surface area contributed by atoms with E-state index in [1.54, 1.807) is 6.20 Å². The number of nitrogens with zero attached hydrogens (tertiary/aromatic N) is 2. The van der Waals surface area contributed by atoms with E-state index in [9.17, 15) is 4.79 Å². The van der Waals surface area contributed by atoms with Gasteiger partial charge in [-0.2, -0.15) is 5.10 Å². The van der Waals surface area contributed by atoms with Crippen LogP contribution < -0.4 is 10.6 Å². The third-order valence-electron chi connectivity index (χ3n) is 3.79. The highest BCUT2D eigenvalue weighted by Crippen LogP contribution is 2.10. The molecule has 1 aromatic heterocycles. The summed E-state index contributed by atoms with van der Waals surface area (Å²) in [4.78, 5) is 11.9. The van der Waals surface area contributed by atoms with Crippen LogP contribution in [0.2, 0.25) is 0 Å². The van der Waals surface area contributed by atoms with E-state index in [1.807, 2.05) is 41.2 Å². The fourth-order valence-electron chi connectivity index (χ4n) is 2.62. The second-order valence-electron chi connectivity index (χ2n) is 5.39. The molecule has 0 radical (unpaired) electrons. The molecule has 110 valence electrons. The molecule has 0 spiro atoms. The summed E-state index contributed by atoms with van der Waals surface area (Å²) in [7, 11) is 0. The van der Waals surface area contributed by atoms with Crippen LogP contribution in [0.15, 0.2) is 42.7 Å². The topological polar surface area (TPSA) is 59.0 Å². The minimum absolute atomic E-state index is 0.116. The molecular formula is C16H20N4O. The van der Waals surface area contributed by atoms with Gasteiger partial charge in [-0.3, -0.25) is 4.79 Å². The smallest absolute Gasteiger partial charge is 0.221 e. The van der Waals surface area contributed by atoms with Crippen molar-refractivity contribution in [3.8, 4) is 5.69 Å². The number of nitrogens with one attached hydrogen (secondary N) is 2. The second kappa shape index (κ2) is 6.54. The maximum atomic E-state index is 11.9. The number of carbonyl (C=O) groups is 1. The molecule has 2 N–H and O–H groups in total. The zero-order chi connectivity index (χ0) is 14.5. The molecule has 1 aromatic carbocycles. The van der Waals surface area contributed by atoms with Crippen molar-refractivity contribution >= 4 is 5.91 Å². The Morgan fingerprint density at radius 1 is 1.38 bits per heavy atom. The summed E-state index contributed by atoms with van der Waals surface area (Å²) in [6, 6.07) is 10.3. The van der Waals surface area contributed by atoms with E-state index in [0.717, 1.165) is 24.2 Å². The van der Waals surface area contributed by atoms with Crippen molar-refractivity contribution in [2.45, 2.75) is 31.8 Å². The van der Waals surface area contributed by atoms with Crippen LogP contribution in [0.5, 0.6) is 0 Å². The molecule has 3 rings (SSSR count). The average molecular weight is 284 g/mol. The van der Waals surface area contributed by atoms with E-state index in [4.69, 9.17) is 0 Å². The van der Waals surface area contributed by atoms with E-state index in [1.165, 1.54) is 6.42 Å². The van der Waals surface area contributed by atoms with Crippen molar-refractivity contribution in [1.29, 1.82) is 0 Å². The standard InChI is InChI=1S/C16H20N4O/c21-16(11-14-3-1-8-17-14)18-12-13-4-6-15(7-5-13)20-10-2-9-19-20/h2,4-7,9-10,14,17H,1,3,8,11-12H2,(H,18,21). The summed E-state index contributed by atoms with van der Waals surface area (Å²) in [5.74, 6) is 0.116. The summed E-state index contributed by atoms with van der Waals surface area (Å²) in [6.07, 6.45) is 6.51. The fourth-order valence-corrected chi connectivity index (χ4v) is 2.62. The summed E-state index contributed by atoms with van der Waals surface area (Å²) in [6.45, 7) is 1.61. The van der Waals surface area contributed by atoms with Crippen LogP contribution in [0.25, 0.3) is 5.69 Å². The Bertz CT molecular complexity index is 571. The monoisotopic (exact) mass is 284 g/mol. The Morgan fingerprint density at radius 2 is 2.24 bits per heavy atom. The molecule has 1 saturated heterocycles. The van der Waals surface area contributed by atoms with E-state index < -0.39 is 0 Å². The van der Waals surface area contributed by atoms with Crippen LogP contribution in [0, 0.1) is 0 Å². The van der Waals surface area contributed by atoms with Gasteiger partial charge in [0.05, 0.1) is 5.69 Å². The first-order valence-corrected chi connectivity index (χ1v) is 7.40. The molecule has 1 amide bonds. The minimum atomic E-state index is 0.116.